The molecule has 0 saturated heterocycles. The highest BCUT2D eigenvalue weighted by molar-refractivity contribution is 9.10. The smallest absolute Gasteiger partial charge is 0.358 e. The van der Waals surface area contributed by atoms with Crippen LogP contribution in [0.25, 0.3) is 0 Å². The number of aromatic nitrogens is 2. The second kappa shape index (κ2) is 6.08. The Morgan fingerprint density at radius 3 is 2.76 bits per heavy atom. The number of nitrogens with one attached hydrogen (secondary N) is 1. The summed E-state index contributed by atoms with van der Waals surface area (Å²) in [7, 11) is -2.81. The predicted octanol–water partition coefficient (Wildman–Crippen LogP) is 2.20. The summed E-state index contributed by atoms with van der Waals surface area (Å²) >= 11 is 4.07. The minimum absolute atomic E-state index is 0.183. The maximum atomic E-state index is 12.3. The van der Waals surface area contributed by atoms with Gasteiger partial charge < -0.3 is 4.74 Å². The SMILES string of the molecule is COC(=O)c1ncsc1S(=O)(=O)Nc1ncc(Br)cc1C. The fourth-order valence-electron chi connectivity index (χ4n) is 1.48. The van der Waals surface area contributed by atoms with Crippen molar-refractivity contribution in [3.63, 3.8) is 0 Å². The van der Waals surface area contributed by atoms with E-state index in [1.54, 1.807) is 13.0 Å². The second-order valence-corrected chi connectivity index (χ2v) is 7.55. The summed E-state index contributed by atoms with van der Waals surface area (Å²) in [4.78, 5) is 19.2. The van der Waals surface area contributed by atoms with Gasteiger partial charge in [0.05, 0.1) is 12.6 Å². The second-order valence-electron chi connectivity index (χ2n) is 3.90. The highest BCUT2D eigenvalue weighted by Crippen LogP contribution is 2.25. The van der Waals surface area contributed by atoms with Crippen molar-refractivity contribution in [3.05, 3.63) is 33.5 Å². The van der Waals surface area contributed by atoms with Crippen LogP contribution in [-0.2, 0) is 14.8 Å². The van der Waals surface area contributed by atoms with Crippen LogP contribution in [0.5, 0.6) is 0 Å². The summed E-state index contributed by atoms with van der Waals surface area (Å²) in [5.41, 5.74) is 1.66. The van der Waals surface area contributed by atoms with Gasteiger partial charge >= 0.3 is 5.97 Å². The molecule has 0 aliphatic rings. The minimum Gasteiger partial charge on any atom is -0.464 e. The number of thiazole rings is 1. The van der Waals surface area contributed by atoms with E-state index in [1.807, 2.05) is 0 Å². The topological polar surface area (TPSA) is 98.2 Å². The van der Waals surface area contributed by atoms with Crippen molar-refractivity contribution in [1.29, 1.82) is 0 Å². The first-order chi connectivity index (χ1) is 9.85. The third kappa shape index (κ3) is 3.39. The van der Waals surface area contributed by atoms with Crippen LogP contribution < -0.4 is 4.72 Å². The molecule has 0 aromatic carbocycles. The third-order valence-electron chi connectivity index (χ3n) is 2.43. The molecule has 0 unspecified atom stereocenters. The largest absolute Gasteiger partial charge is 0.464 e. The van der Waals surface area contributed by atoms with Crippen LogP contribution in [0, 0.1) is 6.92 Å². The maximum Gasteiger partial charge on any atom is 0.358 e. The molecule has 0 bridgehead atoms. The van der Waals surface area contributed by atoms with Crippen LogP contribution in [-0.4, -0.2) is 31.5 Å². The summed E-state index contributed by atoms with van der Waals surface area (Å²) in [5.74, 6) is -0.625. The Kier molecular flexibility index (Phi) is 4.59. The van der Waals surface area contributed by atoms with E-state index in [4.69, 9.17) is 0 Å². The minimum atomic E-state index is -3.96. The van der Waals surface area contributed by atoms with Crippen LogP contribution >= 0.6 is 27.3 Å². The van der Waals surface area contributed by atoms with Gasteiger partial charge in [0.1, 0.15) is 5.82 Å². The van der Waals surface area contributed by atoms with Gasteiger partial charge in [0, 0.05) is 10.7 Å². The molecule has 10 heteroatoms. The normalized spacial score (nSPS) is 11.2. The molecular formula is C11H10BrN3O4S2. The van der Waals surface area contributed by atoms with E-state index in [-0.39, 0.29) is 15.7 Å². The average molecular weight is 392 g/mol. The number of hydrogen-bond acceptors (Lipinski definition) is 7. The van der Waals surface area contributed by atoms with Gasteiger partial charge in [0.2, 0.25) is 0 Å². The molecule has 0 aliphatic carbocycles. The molecule has 7 nitrogen and oxygen atoms in total. The molecule has 0 amide bonds. The zero-order chi connectivity index (χ0) is 15.6. The first-order valence-electron chi connectivity index (χ1n) is 5.52. The van der Waals surface area contributed by atoms with Crippen molar-refractivity contribution in [2.45, 2.75) is 11.1 Å². The van der Waals surface area contributed by atoms with E-state index in [1.165, 1.54) is 11.7 Å². The molecule has 2 aromatic heterocycles. The summed E-state index contributed by atoms with van der Waals surface area (Å²) in [5, 5.41) is 0. The van der Waals surface area contributed by atoms with E-state index >= 15 is 0 Å². The van der Waals surface area contributed by atoms with E-state index in [9.17, 15) is 13.2 Å². The van der Waals surface area contributed by atoms with Crippen LogP contribution in [0.15, 0.2) is 26.5 Å². The number of hydrogen-bond donors (Lipinski definition) is 1. The number of pyridine rings is 1. The number of anilines is 1. The van der Waals surface area contributed by atoms with Crippen LogP contribution in [0.4, 0.5) is 5.82 Å². The summed E-state index contributed by atoms with van der Waals surface area (Å²) in [6, 6.07) is 1.72. The number of carbonyl (C=O) groups is 1. The molecule has 0 aliphatic heterocycles. The zero-order valence-electron chi connectivity index (χ0n) is 11.0. The fraction of sp³-hybridized carbons (Fsp3) is 0.182. The number of rotatable bonds is 4. The Labute approximate surface area is 133 Å². The lowest BCUT2D eigenvalue weighted by Crippen LogP contribution is -2.17. The molecule has 2 heterocycles. The first kappa shape index (κ1) is 15.9. The number of methoxy groups -OCH3 is 1. The molecule has 0 spiro atoms. The van der Waals surface area contributed by atoms with Gasteiger partial charge in [-0.15, -0.1) is 11.3 Å². The monoisotopic (exact) mass is 391 g/mol. The van der Waals surface area contributed by atoms with Crippen molar-refractivity contribution in [1.82, 2.24) is 9.97 Å². The summed E-state index contributed by atoms with van der Waals surface area (Å²) < 4.78 is 32.1. The number of esters is 1. The van der Waals surface area contributed by atoms with Gasteiger partial charge in [0.25, 0.3) is 10.0 Å². The van der Waals surface area contributed by atoms with Gasteiger partial charge in [-0.2, -0.15) is 0 Å². The number of aryl methyl sites for hydroxylation is 1. The molecule has 0 saturated carbocycles. The van der Waals surface area contributed by atoms with E-state index in [0.717, 1.165) is 22.9 Å². The third-order valence-corrected chi connectivity index (χ3v) is 5.58. The Balaban J connectivity index is 2.39. The van der Waals surface area contributed by atoms with Crippen molar-refractivity contribution in [2.75, 3.05) is 11.8 Å². The van der Waals surface area contributed by atoms with Gasteiger partial charge in [-0.25, -0.2) is 23.2 Å². The van der Waals surface area contributed by atoms with E-state index in [2.05, 4.69) is 35.4 Å². The Bertz CT molecular complexity index is 789. The maximum absolute atomic E-state index is 12.3. The van der Waals surface area contributed by atoms with Gasteiger partial charge in [0.15, 0.2) is 9.90 Å². The van der Waals surface area contributed by atoms with E-state index in [0.29, 0.717) is 5.56 Å². The lowest BCUT2D eigenvalue weighted by molar-refractivity contribution is 0.0590. The average Bonchev–Trinajstić information content (AvgIpc) is 2.91. The number of halogens is 1. The molecule has 2 rings (SSSR count). The van der Waals surface area contributed by atoms with E-state index < -0.39 is 16.0 Å². The molecule has 2 aromatic rings. The Morgan fingerprint density at radius 2 is 2.14 bits per heavy atom. The molecule has 0 atom stereocenters. The van der Waals surface area contributed by atoms with Crippen LogP contribution in [0.2, 0.25) is 0 Å². The zero-order valence-corrected chi connectivity index (χ0v) is 14.2. The lowest BCUT2D eigenvalue weighted by atomic mass is 10.3. The molecule has 0 fully saturated rings. The summed E-state index contributed by atoms with van der Waals surface area (Å²) in [6.45, 7) is 1.71. The molecule has 0 radical (unpaired) electrons. The quantitative estimate of drug-likeness (QED) is 0.802. The Hall–Kier alpha value is -1.52. The number of sulfonamides is 1. The Morgan fingerprint density at radius 1 is 1.43 bits per heavy atom. The summed E-state index contributed by atoms with van der Waals surface area (Å²) in [6.07, 6.45) is 1.47. The molecule has 112 valence electrons. The van der Waals surface area contributed by atoms with Gasteiger partial charge in [-0.3, -0.25) is 4.72 Å². The van der Waals surface area contributed by atoms with Crippen molar-refractivity contribution < 1.29 is 17.9 Å². The van der Waals surface area contributed by atoms with Crippen LogP contribution in [0.1, 0.15) is 16.1 Å². The first-order valence-corrected chi connectivity index (χ1v) is 8.67. The molecule has 1 N–H and O–H groups in total. The lowest BCUT2D eigenvalue weighted by Gasteiger charge is -2.09. The van der Waals surface area contributed by atoms with Crippen molar-refractivity contribution >= 4 is 49.1 Å². The van der Waals surface area contributed by atoms with Crippen molar-refractivity contribution in [2.24, 2.45) is 0 Å². The standard InChI is InChI=1S/C11H10BrN3O4S2/c1-6-3-7(12)4-13-9(6)15-21(17,18)11-8(10(16)19-2)14-5-20-11/h3-5H,1-2H3,(H,13,15). The fourth-order valence-corrected chi connectivity index (χ4v) is 4.14. The molecular weight excluding hydrogens is 382 g/mol. The number of ether oxygens (including phenoxy) is 1. The highest BCUT2D eigenvalue weighted by atomic mass is 79.9. The molecule has 21 heavy (non-hydrogen) atoms. The highest BCUT2D eigenvalue weighted by Gasteiger charge is 2.27. The predicted molar refractivity (Wildman–Crippen MR) is 80.9 cm³/mol. The van der Waals surface area contributed by atoms with Gasteiger partial charge in [-0.1, -0.05) is 0 Å². The van der Waals surface area contributed by atoms with Gasteiger partial charge in [-0.05, 0) is 34.5 Å². The van der Waals surface area contributed by atoms with Crippen LogP contribution in [0.3, 0.4) is 0 Å². The number of carbonyl (C=O) groups excluding carboxylic acids is 1. The van der Waals surface area contributed by atoms with Crippen molar-refractivity contribution in [3.8, 4) is 0 Å². The number of nitrogens with zero attached hydrogens (tertiary/aromatic N) is 2.